The molecule has 186 valence electrons. The normalized spacial score (nSPS) is 12.3. The molecule has 1 aromatic carbocycles. The molecule has 0 spiro atoms. The predicted molar refractivity (Wildman–Crippen MR) is 119 cm³/mol. The summed E-state index contributed by atoms with van der Waals surface area (Å²) in [6.07, 6.45) is 0.322. The first kappa shape index (κ1) is 32.2. The van der Waals surface area contributed by atoms with Gasteiger partial charge in [-0.2, -0.15) is 25.3 Å². The second-order valence-electron chi connectivity index (χ2n) is 6.42. The van der Waals surface area contributed by atoms with Crippen LogP contribution in [0.3, 0.4) is 0 Å². The quantitative estimate of drug-likeness (QED) is 0.162. The third-order valence-corrected chi connectivity index (χ3v) is 4.18. The highest BCUT2D eigenvalue weighted by Gasteiger charge is 2.15. The minimum Gasteiger partial charge on any atom is -0.548 e. The first-order valence-corrected chi connectivity index (χ1v) is 10.5. The number of nitrogens with one attached hydrogen (secondary N) is 2. The monoisotopic (exact) mass is 506 g/mol. The minimum absolute atomic E-state index is 0.0436. The predicted octanol–water partition coefficient (Wildman–Crippen LogP) is -4.03. The average Bonchev–Trinajstić information content (AvgIpc) is 2.72. The van der Waals surface area contributed by atoms with Crippen LogP contribution in [0.2, 0.25) is 0 Å². The van der Waals surface area contributed by atoms with Crippen LogP contribution in [0.4, 0.5) is 0 Å². The second-order valence-corrected chi connectivity index (χ2v) is 7.15. The summed E-state index contributed by atoms with van der Waals surface area (Å²) in [7, 11) is 0. The Morgan fingerprint density at radius 1 is 0.909 bits per heavy atom. The molecule has 0 radical (unpaired) electrons. The molecule has 0 heterocycles. The summed E-state index contributed by atoms with van der Waals surface area (Å²) in [5.74, 6) is -3.98. The van der Waals surface area contributed by atoms with Gasteiger partial charge in [-0.3, -0.25) is 9.59 Å². The number of phenols is 1. The third-order valence-electron chi connectivity index (χ3n) is 3.45. The summed E-state index contributed by atoms with van der Waals surface area (Å²) in [4.78, 5) is 51.2. The molecular weight excluding hydrogens is 478 g/mol. The highest BCUT2D eigenvalue weighted by Crippen LogP contribution is 2.10. The van der Waals surface area contributed by atoms with E-state index >= 15 is 0 Å². The van der Waals surface area contributed by atoms with Crippen molar-refractivity contribution in [2.75, 3.05) is 11.5 Å². The summed E-state index contributed by atoms with van der Waals surface area (Å²) >= 11 is 7.43. The van der Waals surface area contributed by atoms with Crippen molar-refractivity contribution in [3.8, 4) is 5.75 Å². The van der Waals surface area contributed by atoms with Crippen molar-refractivity contribution in [2.24, 2.45) is 0 Å². The standard InChI is InChI=1S/C9H11NO3.2C5H9NO3S/c10-8(9(12)13)5-6-1-3-7(11)4-2-6;2*1-3(7)6-4(2-10)5(8)9/h1-4,8,11H,5,10H2,(H,12,13);2*4,10H,2H2,1H3,(H,6,7)(H,8,9)/p-1/t8-;2*4-/m011/s1. The Morgan fingerprint density at radius 3 is 1.58 bits per heavy atom. The van der Waals surface area contributed by atoms with Gasteiger partial charge in [-0.25, -0.2) is 4.79 Å². The van der Waals surface area contributed by atoms with Crippen LogP contribution in [0.25, 0.3) is 0 Å². The first-order valence-electron chi connectivity index (χ1n) is 9.26. The van der Waals surface area contributed by atoms with Gasteiger partial charge in [-0.15, -0.1) is 0 Å². The van der Waals surface area contributed by atoms with Crippen molar-refractivity contribution in [2.45, 2.75) is 38.4 Å². The smallest absolute Gasteiger partial charge is 0.327 e. The molecule has 0 unspecified atom stereocenters. The number of amides is 2. The number of carbonyl (C=O) groups excluding carboxylic acids is 4. The van der Waals surface area contributed by atoms with Crippen molar-refractivity contribution in [1.82, 2.24) is 10.6 Å². The lowest BCUT2D eigenvalue weighted by atomic mass is 10.1. The molecule has 0 aliphatic carbocycles. The zero-order valence-corrected chi connectivity index (χ0v) is 19.8. The molecular formula is C19H28N3O9S2-. The second kappa shape index (κ2) is 17.6. The third kappa shape index (κ3) is 17.3. The Bertz CT molecular complexity index is 757. The van der Waals surface area contributed by atoms with Gasteiger partial charge in [0.05, 0.1) is 18.0 Å². The van der Waals surface area contributed by atoms with Crippen molar-refractivity contribution >= 4 is 55.0 Å². The maximum Gasteiger partial charge on any atom is 0.327 e. The van der Waals surface area contributed by atoms with Gasteiger partial charge in [0.25, 0.3) is 0 Å². The molecule has 3 atom stereocenters. The van der Waals surface area contributed by atoms with Gasteiger partial charge in [0.1, 0.15) is 17.8 Å². The Balaban J connectivity index is 0. The van der Waals surface area contributed by atoms with Crippen LogP contribution < -0.4 is 26.6 Å². The van der Waals surface area contributed by atoms with E-state index in [1.807, 2.05) is 0 Å². The summed E-state index contributed by atoms with van der Waals surface area (Å²) in [5.41, 5.74) is 4.25. The number of hydrogen-bond donors (Lipinski definition) is 7. The van der Waals surface area contributed by atoms with Crippen molar-refractivity contribution in [1.29, 1.82) is 0 Å². The van der Waals surface area contributed by atoms with Crippen LogP contribution >= 0.6 is 25.3 Å². The average molecular weight is 507 g/mol. The lowest BCUT2D eigenvalue weighted by Crippen LogP contribution is -2.69. The van der Waals surface area contributed by atoms with Gasteiger partial charge >= 0.3 is 5.97 Å². The molecule has 0 fully saturated rings. The van der Waals surface area contributed by atoms with E-state index in [0.717, 1.165) is 5.56 Å². The topological polar surface area (TPSA) is 224 Å². The van der Waals surface area contributed by atoms with Crippen LogP contribution in [-0.4, -0.2) is 69.6 Å². The lowest BCUT2D eigenvalue weighted by Gasteiger charge is -2.15. The highest BCUT2D eigenvalue weighted by molar-refractivity contribution is 7.80. The number of carboxylic acid groups (broad SMARTS) is 3. The molecule has 14 heteroatoms. The van der Waals surface area contributed by atoms with Gasteiger partial charge in [-0.1, -0.05) is 12.1 Å². The summed E-state index contributed by atoms with van der Waals surface area (Å²) in [5, 5.41) is 42.1. The molecule has 0 aliphatic rings. The Morgan fingerprint density at radius 2 is 1.33 bits per heavy atom. The maximum atomic E-state index is 10.3. The van der Waals surface area contributed by atoms with Crippen LogP contribution in [0.15, 0.2) is 24.3 Å². The molecule has 12 nitrogen and oxygen atoms in total. The number of phenolic OH excluding ortho intramolecular Hbond substituents is 1. The highest BCUT2D eigenvalue weighted by atomic mass is 32.1. The van der Waals surface area contributed by atoms with Gasteiger partial charge in [-0.05, 0) is 17.7 Å². The fraction of sp³-hybridized carbons (Fsp3) is 0.421. The fourth-order valence-electron chi connectivity index (χ4n) is 1.86. The lowest BCUT2D eigenvalue weighted by molar-refractivity contribution is -0.437. The number of rotatable bonds is 9. The molecule has 1 rings (SSSR count). The Labute approximate surface area is 201 Å². The van der Waals surface area contributed by atoms with E-state index in [9.17, 15) is 34.2 Å². The van der Waals surface area contributed by atoms with Gasteiger partial charge in [0, 0.05) is 31.8 Å². The zero-order chi connectivity index (χ0) is 26.1. The number of hydrogen-bond acceptors (Lipinski definition) is 10. The number of aliphatic carboxylic acids is 3. The van der Waals surface area contributed by atoms with Crippen LogP contribution in [0.5, 0.6) is 5.75 Å². The minimum atomic E-state index is -1.31. The van der Waals surface area contributed by atoms with Crippen LogP contribution in [0.1, 0.15) is 19.4 Å². The van der Waals surface area contributed by atoms with Crippen molar-refractivity contribution in [3.05, 3.63) is 29.8 Å². The number of aromatic hydroxyl groups is 1. The molecule has 33 heavy (non-hydrogen) atoms. The van der Waals surface area contributed by atoms with E-state index < -0.39 is 41.9 Å². The zero-order valence-electron chi connectivity index (χ0n) is 18.0. The molecule has 1 aromatic rings. The van der Waals surface area contributed by atoms with E-state index in [2.05, 4.69) is 41.6 Å². The number of benzene rings is 1. The van der Waals surface area contributed by atoms with E-state index in [-0.39, 0.29) is 23.2 Å². The number of carboxylic acids is 3. The molecule has 0 aliphatic heterocycles. The van der Waals surface area contributed by atoms with Crippen LogP contribution in [0, 0.1) is 0 Å². The van der Waals surface area contributed by atoms with Gasteiger partial charge in [0.2, 0.25) is 11.8 Å². The first-order chi connectivity index (χ1) is 15.2. The fourth-order valence-corrected chi connectivity index (χ4v) is 2.34. The molecule has 0 saturated carbocycles. The van der Waals surface area contributed by atoms with Crippen molar-refractivity contribution < 1.29 is 50.1 Å². The van der Waals surface area contributed by atoms with E-state index in [1.165, 1.54) is 26.0 Å². The largest absolute Gasteiger partial charge is 0.548 e. The van der Waals surface area contributed by atoms with Gasteiger partial charge < -0.3 is 46.4 Å². The maximum absolute atomic E-state index is 10.3. The number of quaternary nitrogens is 1. The summed E-state index contributed by atoms with van der Waals surface area (Å²) < 4.78 is 0. The SMILES string of the molecule is CC(=O)N[C@H](CS)C(=O)O.CC(=O)N[C@H](CS)C(=O)[O-].[NH3+][C@@H](Cc1ccc(O)cc1)C(=O)[O-]. The van der Waals surface area contributed by atoms with Crippen molar-refractivity contribution in [3.63, 3.8) is 0 Å². The van der Waals surface area contributed by atoms with E-state index in [4.69, 9.17) is 10.2 Å². The number of thiol groups is 2. The van der Waals surface area contributed by atoms with Gasteiger partial charge in [0.15, 0.2) is 0 Å². The Kier molecular flexibility index (Phi) is 17.1. The molecule has 7 N–H and O–H groups in total. The molecule has 0 saturated heterocycles. The molecule has 2 amide bonds. The summed E-state index contributed by atoms with van der Waals surface area (Å²) in [6.45, 7) is 2.50. The molecule has 0 bridgehead atoms. The van der Waals surface area contributed by atoms with Crippen LogP contribution in [-0.2, 0) is 30.4 Å². The summed E-state index contributed by atoms with van der Waals surface area (Å²) in [6, 6.07) is 3.74. The van der Waals surface area contributed by atoms with E-state index in [0.29, 0.717) is 6.42 Å². The Hall–Kier alpha value is -2.97. The van der Waals surface area contributed by atoms with E-state index in [1.54, 1.807) is 12.1 Å². The number of carbonyl (C=O) groups is 5. The molecule has 0 aromatic heterocycles.